The summed E-state index contributed by atoms with van der Waals surface area (Å²) in [6.07, 6.45) is 7.82. The summed E-state index contributed by atoms with van der Waals surface area (Å²) < 4.78 is 1.38. The van der Waals surface area contributed by atoms with Crippen LogP contribution in [0.1, 0.15) is 65.3 Å². The third-order valence-corrected chi connectivity index (χ3v) is 13.0. The van der Waals surface area contributed by atoms with Crippen LogP contribution in [0.15, 0.2) is 59.4 Å². The first-order valence-electron chi connectivity index (χ1n) is 11.0. The molecule has 0 bridgehead atoms. The third-order valence-electron chi connectivity index (χ3n) is 5.92. The van der Waals surface area contributed by atoms with Crippen LogP contribution < -0.4 is 24.8 Å². The van der Waals surface area contributed by atoms with E-state index in [1.807, 2.05) is 5.31 Å². The van der Waals surface area contributed by atoms with Crippen molar-refractivity contribution in [1.29, 1.82) is 0 Å². The molecule has 0 heterocycles. The van der Waals surface area contributed by atoms with Gasteiger partial charge >= 0.3 is 188 Å². The minimum absolute atomic E-state index is 0. The molecule has 2 aliphatic carbocycles. The molecule has 4 heteroatoms. The monoisotopic (exact) mass is 506 g/mol. The second-order valence-electron chi connectivity index (χ2n) is 9.44. The van der Waals surface area contributed by atoms with E-state index in [1.54, 1.807) is 16.7 Å². The van der Waals surface area contributed by atoms with Crippen molar-refractivity contribution in [3.63, 3.8) is 0 Å². The Morgan fingerprint density at radius 1 is 0.742 bits per heavy atom. The normalized spacial score (nSPS) is 18.7. The summed E-state index contributed by atoms with van der Waals surface area (Å²) >= 11 is -0.219. The van der Waals surface area contributed by atoms with Gasteiger partial charge in [-0.05, 0) is 0 Å². The van der Waals surface area contributed by atoms with Gasteiger partial charge in [-0.1, -0.05) is 0 Å². The Bertz CT molecular complexity index is 938. The van der Waals surface area contributed by atoms with Gasteiger partial charge in [-0.15, -0.1) is 0 Å². The smallest absolute Gasteiger partial charge is 1.00 e. The van der Waals surface area contributed by atoms with E-state index in [1.165, 1.54) is 23.5 Å². The minimum atomic E-state index is -0.219. The summed E-state index contributed by atoms with van der Waals surface area (Å²) in [4.78, 5) is 0. The van der Waals surface area contributed by atoms with Crippen molar-refractivity contribution in [2.75, 3.05) is 12.3 Å². The van der Waals surface area contributed by atoms with Gasteiger partial charge in [-0.3, -0.25) is 0 Å². The predicted molar refractivity (Wildman–Crippen MR) is 126 cm³/mol. The summed E-state index contributed by atoms with van der Waals surface area (Å²) in [5.41, 5.74) is 7.77. The number of hydrogen-bond donors (Lipinski definition) is 0. The van der Waals surface area contributed by atoms with E-state index in [4.69, 9.17) is 0 Å². The van der Waals surface area contributed by atoms with Gasteiger partial charge in [-0.25, -0.2) is 0 Å². The van der Waals surface area contributed by atoms with E-state index in [9.17, 15) is 0 Å². The van der Waals surface area contributed by atoms with E-state index in [0.29, 0.717) is 8.45 Å². The molecule has 164 valence electrons. The number of benzene rings is 2. The molecule has 2 aromatic rings. The molecular weight excluding hydrogens is 474 g/mol. The fourth-order valence-corrected chi connectivity index (χ4v) is 12.0. The number of allylic oxidation sites excluding steroid dienone is 2. The molecule has 0 aliphatic heterocycles. The molecule has 0 nitrogen and oxygen atoms in total. The molecule has 0 spiro atoms. The quantitative estimate of drug-likeness (QED) is 0.398. The van der Waals surface area contributed by atoms with Crippen LogP contribution in [0.5, 0.6) is 0 Å². The molecule has 0 amide bonds. The van der Waals surface area contributed by atoms with Crippen LogP contribution in [0.2, 0.25) is 0 Å². The maximum Gasteiger partial charge on any atom is -1.00 e. The first kappa shape index (κ1) is 26.9. The van der Waals surface area contributed by atoms with Gasteiger partial charge in [0.25, 0.3) is 0 Å². The zero-order valence-corrected chi connectivity index (χ0v) is 23.2. The summed E-state index contributed by atoms with van der Waals surface area (Å²) in [6, 6.07) is 18.3. The van der Waals surface area contributed by atoms with Crippen molar-refractivity contribution < 1.29 is 44.0 Å². The van der Waals surface area contributed by atoms with Crippen LogP contribution in [0.4, 0.5) is 0 Å². The topological polar surface area (TPSA) is 0 Å². The molecule has 2 aromatic carbocycles. The summed E-state index contributed by atoms with van der Waals surface area (Å²) in [5.74, 6) is 1.55. The average molecular weight is 507 g/mol. The molecule has 2 aliphatic rings. The number of hydrogen-bond acceptors (Lipinski definition) is 0. The number of rotatable bonds is 7. The Hall–Kier alpha value is -0.356. The standard InChI is InChI=1S/C17H24P.C10H9.2ClH.Ti/c1-13(2)11-18(12-14(3)4)17-9-15-7-5-6-8-16(15)10-17;1-8-6-9-4-2-3-5-10(9)7-8;;;/h5-10,13-14H,11-12H2,1-4H3;2-7H,1H3;2*1H;/q;;;;+2/p-2. The number of fused-ring (bicyclic) bond motifs is 2. The van der Waals surface area contributed by atoms with E-state index in [-0.39, 0.29) is 51.9 Å². The molecule has 0 saturated heterocycles. The van der Waals surface area contributed by atoms with Crippen LogP contribution in [-0.2, 0) is 19.2 Å². The molecule has 4 rings (SSSR count). The van der Waals surface area contributed by atoms with E-state index >= 15 is 0 Å². The number of halogens is 2. The van der Waals surface area contributed by atoms with Gasteiger partial charge in [0.05, 0.1) is 0 Å². The van der Waals surface area contributed by atoms with Crippen molar-refractivity contribution in [2.45, 2.75) is 43.1 Å². The average Bonchev–Trinajstić information content (AvgIpc) is 3.19. The van der Waals surface area contributed by atoms with Crippen molar-refractivity contribution in [2.24, 2.45) is 11.8 Å². The van der Waals surface area contributed by atoms with Gasteiger partial charge < -0.3 is 24.8 Å². The minimum Gasteiger partial charge on any atom is -1.00 e. The third kappa shape index (κ3) is 5.96. The molecule has 0 N–H and O–H groups in total. The first-order chi connectivity index (χ1) is 13.9. The van der Waals surface area contributed by atoms with Crippen molar-refractivity contribution in [1.82, 2.24) is 0 Å². The van der Waals surface area contributed by atoms with Crippen molar-refractivity contribution in [3.05, 3.63) is 81.7 Å². The maximum atomic E-state index is 2.61. The second-order valence-corrected chi connectivity index (χ2v) is 14.1. The van der Waals surface area contributed by atoms with Crippen LogP contribution in [0.25, 0.3) is 12.2 Å². The first-order valence-corrected chi connectivity index (χ1v) is 14.5. The van der Waals surface area contributed by atoms with E-state index in [2.05, 4.69) is 95.3 Å². The molecule has 0 aromatic heterocycles. The van der Waals surface area contributed by atoms with Gasteiger partial charge in [0, 0.05) is 0 Å². The van der Waals surface area contributed by atoms with Crippen LogP contribution in [0.3, 0.4) is 0 Å². The SMILES string of the molecule is CC1=Cc2ccccc2[CH]1[Ti+2][CH]1C(P(CC(C)C)CC(C)C)=Cc2ccccc21.[Cl-].[Cl-]. The molecule has 2 atom stereocenters. The van der Waals surface area contributed by atoms with Crippen LogP contribution >= 0.6 is 7.92 Å². The molecule has 31 heavy (non-hydrogen) atoms. The fraction of sp³-hybridized carbons (Fsp3) is 0.407. The Labute approximate surface area is 211 Å². The zero-order valence-electron chi connectivity index (χ0n) is 19.2. The molecule has 2 unspecified atom stereocenters. The Balaban J connectivity index is 0.00000171. The van der Waals surface area contributed by atoms with Crippen molar-refractivity contribution >= 4 is 20.1 Å². The summed E-state index contributed by atoms with van der Waals surface area (Å²) in [7, 11) is -0.0552. The second kappa shape index (κ2) is 11.7. The van der Waals surface area contributed by atoms with Gasteiger partial charge in [0.15, 0.2) is 0 Å². The van der Waals surface area contributed by atoms with Gasteiger partial charge in [-0.2, -0.15) is 0 Å². The van der Waals surface area contributed by atoms with Gasteiger partial charge in [0.2, 0.25) is 0 Å². The predicted octanol–water partition coefficient (Wildman–Crippen LogP) is 2.12. The molecular formula is C27H33Cl2PTi. The van der Waals surface area contributed by atoms with Crippen LogP contribution in [0, 0.1) is 11.8 Å². The maximum absolute atomic E-state index is 2.61. The fourth-order valence-electron chi connectivity index (χ4n) is 4.79. The zero-order chi connectivity index (χ0) is 20.5. The van der Waals surface area contributed by atoms with Crippen LogP contribution in [-0.4, -0.2) is 12.3 Å². The largest absolute Gasteiger partial charge is 1.00 e. The molecule has 0 saturated carbocycles. The molecule has 0 fully saturated rings. The summed E-state index contributed by atoms with van der Waals surface area (Å²) in [5, 5.41) is 1.82. The summed E-state index contributed by atoms with van der Waals surface area (Å²) in [6.45, 7) is 12.0. The Kier molecular flexibility index (Phi) is 10.1. The van der Waals surface area contributed by atoms with Gasteiger partial charge in [0.1, 0.15) is 0 Å². The van der Waals surface area contributed by atoms with E-state index in [0.717, 1.165) is 11.8 Å². The Morgan fingerprint density at radius 2 is 1.23 bits per heavy atom. The van der Waals surface area contributed by atoms with E-state index < -0.39 is 0 Å². The Morgan fingerprint density at radius 3 is 1.77 bits per heavy atom. The van der Waals surface area contributed by atoms with Crippen molar-refractivity contribution in [3.8, 4) is 0 Å². The molecule has 0 radical (unpaired) electrons.